The number of hydrogen-bond donors (Lipinski definition) is 1. The number of nitrogens with zero attached hydrogens (tertiary/aromatic N) is 1. The van der Waals surface area contributed by atoms with Crippen molar-refractivity contribution in [2.75, 3.05) is 13.3 Å². The number of ether oxygens (including phenoxy) is 2. The maximum atomic E-state index is 13.0. The van der Waals surface area contributed by atoms with Gasteiger partial charge in [-0.3, -0.25) is 19.8 Å². The van der Waals surface area contributed by atoms with E-state index in [-0.39, 0.29) is 24.7 Å². The first kappa shape index (κ1) is 17.7. The first-order valence-corrected chi connectivity index (χ1v) is 8.54. The summed E-state index contributed by atoms with van der Waals surface area (Å²) in [5, 5.41) is 2.17. The van der Waals surface area contributed by atoms with Crippen LogP contribution >= 0.6 is 0 Å². The molecule has 2 aliphatic rings. The van der Waals surface area contributed by atoms with E-state index in [2.05, 4.69) is 5.32 Å². The van der Waals surface area contributed by atoms with Gasteiger partial charge in [-0.25, -0.2) is 9.18 Å². The lowest BCUT2D eigenvalue weighted by molar-refractivity contribution is -0.130. The Hall–Kier alpha value is -3.68. The number of imide groups is 2. The van der Waals surface area contributed by atoms with Gasteiger partial charge >= 0.3 is 6.03 Å². The van der Waals surface area contributed by atoms with E-state index >= 15 is 0 Å². The lowest BCUT2D eigenvalue weighted by Crippen LogP contribution is -2.54. The van der Waals surface area contributed by atoms with Crippen LogP contribution in [-0.2, 0) is 16.0 Å². The van der Waals surface area contributed by atoms with Crippen molar-refractivity contribution < 1.29 is 28.2 Å². The molecule has 0 aliphatic carbocycles. The second-order valence-corrected chi connectivity index (χ2v) is 6.26. The fourth-order valence-electron chi connectivity index (χ4n) is 2.96. The molecule has 1 fully saturated rings. The van der Waals surface area contributed by atoms with Crippen LogP contribution in [0, 0.1) is 5.82 Å². The molecule has 1 saturated heterocycles. The Bertz CT molecular complexity index is 1000. The third-order valence-corrected chi connectivity index (χ3v) is 4.43. The number of urea groups is 1. The van der Waals surface area contributed by atoms with Gasteiger partial charge in [0.15, 0.2) is 11.5 Å². The summed E-state index contributed by atoms with van der Waals surface area (Å²) in [6, 6.07) is 10.0. The van der Waals surface area contributed by atoms with Crippen molar-refractivity contribution in [3.63, 3.8) is 0 Å². The number of amides is 4. The van der Waals surface area contributed by atoms with Crippen LogP contribution in [0.2, 0.25) is 0 Å². The molecule has 28 heavy (non-hydrogen) atoms. The van der Waals surface area contributed by atoms with Gasteiger partial charge in [-0.05, 0) is 47.9 Å². The lowest BCUT2D eigenvalue weighted by atomic mass is 10.1. The third-order valence-electron chi connectivity index (χ3n) is 4.43. The molecule has 1 N–H and O–H groups in total. The molecule has 0 atom stereocenters. The van der Waals surface area contributed by atoms with Gasteiger partial charge in [0.2, 0.25) is 6.79 Å². The number of hydrogen-bond acceptors (Lipinski definition) is 5. The van der Waals surface area contributed by atoms with E-state index in [1.165, 1.54) is 18.2 Å². The molecule has 2 aromatic rings. The average molecular weight is 382 g/mol. The monoisotopic (exact) mass is 382 g/mol. The highest BCUT2D eigenvalue weighted by atomic mass is 19.1. The van der Waals surface area contributed by atoms with Gasteiger partial charge in [0.1, 0.15) is 11.4 Å². The van der Waals surface area contributed by atoms with Gasteiger partial charge in [0.05, 0.1) is 0 Å². The summed E-state index contributed by atoms with van der Waals surface area (Å²) in [5.74, 6) is -0.714. The molecule has 4 rings (SSSR count). The van der Waals surface area contributed by atoms with E-state index < -0.39 is 17.8 Å². The largest absolute Gasteiger partial charge is 0.454 e. The molecule has 7 nitrogen and oxygen atoms in total. The molecule has 0 radical (unpaired) electrons. The highest BCUT2D eigenvalue weighted by molar-refractivity contribution is 6.31. The summed E-state index contributed by atoms with van der Waals surface area (Å²) in [5.41, 5.74) is 1.17. The minimum absolute atomic E-state index is 0.0576. The summed E-state index contributed by atoms with van der Waals surface area (Å²) < 4.78 is 23.5. The van der Waals surface area contributed by atoms with Crippen LogP contribution < -0.4 is 14.8 Å². The van der Waals surface area contributed by atoms with E-state index in [0.29, 0.717) is 23.5 Å². The summed E-state index contributed by atoms with van der Waals surface area (Å²) >= 11 is 0. The molecule has 0 saturated carbocycles. The standard InChI is InChI=1S/C20H15FN2O5/c21-14-4-1-12(2-5-14)7-8-23-19(25)15(18(24)22-20(23)26)9-13-3-6-16-17(10-13)28-11-27-16/h1-6,9-10H,7-8,11H2,(H,22,24,26)/b15-9+. The minimum Gasteiger partial charge on any atom is -0.454 e. The Kier molecular flexibility index (Phi) is 4.52. The van der Waals surface area contributed by atoms with Crippen molar-refractivity contribution in [1.82, 2.24) is 10.2 Å². The number of barbiturate groups is 1. The number of carbonyl (C=O) groups excluding carboxylic acids is 3. The third kappa shape index (κ3) is 3.44. The summed E-state index contributed by atoms with van der Waals surface area (Å²) in [4.78, 5) is 37.9. The molecule has 0 unspecified atom stereocenters. The topological polar surface area (TPSA) is 84.9 Å². The first-order valence-electron chi connectivity index (χ1n) is 8.54. The predicted molar refractivity (Wildman–Crippen MR) is 95.9 cm³/mol. The fraction of sp³-hybridized carbons (Fsp3) is 0.150. The Labute approximate surface area is 159 Å². The number of rotatable bonds is 4. The van der Waals surface area contributed by atoms with Gasteiger partial charge in [0, 0.05) is 6.54 Å². The minimum atomic E-state index is -0.778. The van der Waals surface area contributed by atoms with Gasteiger partial charge in [-0.2, -0.15) is 0 Å². The van der Waals surface area contributed by atoms with Crippen molar-refractivity contribution >= 4 is 23.9 Å². The van der Waals surface area contributed by atoms with E-state index in [0.717, 1.165) is 10.5 Å². The summed E-state index contributed by atoms with van der Waals surface area (Å²) in [6.45, 7) is 0.169. The normalized spacial score (nSPS) is 17.2. The quantitative estimate of drug-likeness (QED) is 0.648. The molecule has 2 aromatic carbocycles. The Morgan fingerprint density at radius 2 is 1.79 bits per heavy atom. The van der Waals surface area contributed by atoms with Crippen LogP contribution in [0.1, 0.15) is 11.1 Å². The molecule has 142 valence electrons. The smallest absolute Gasteiger partial charge is 0.331 e. The van der Waals surface area contributed by atoms with Crippen LogP contribution in [0.15, 0.2) is 48.0 Å². The molecule has 8 heteroatoms. The number of fused-ring (bicyclic) bond motifs is 1. The van der Waals surface area contributed by atoms with E-state index in [9.17, 15) is 18.8 Å². The van der Waals surface area contributed by atoms with E-state index in [4.69, 9.17) is 9.47 Å². The average Bonchev–Trinajstić information content (AvgIpc) is 3.14. The van der Waals surface area contributed by atoms with E-state index in [1.54, 1.807) is 30.3 Å². The Balaban J connectivity index is 1.54. The number of benzene rings is 2. The van der Waals surface area contributed by atoms with Crippen molar-refractivity contribution in [1.29, 1.82) is 0 Å². The molecule has 0 bridgehead atoms. The molecule has 2 heterocycles. The second-order valence-electron chi connectivity index (χ2n) is 6.26. The Morgan fingerprint density at radius 3 is 2.57 bits per heavy atom. The van der Waals surface area contributed by atoms with Crippen molar-refractivity contribution in [3.8, 4) is 11.5 Å². The molecular weight excluding hydrogens is 367 g/mol. The number of halogens is 1. The van der Waals surface area contributed by atoms with Crippen molar-refractivity contribution in [3.05, 3.63) is 65.0 Å². The zero-order chi connectivity index (χ0) is 19.7. The number of nitrogens with one attached hydrogen (secondary N) is 1. The SMILES string of the molecule is O=C1NC(=O)N(CCc2ccc(F)cc2)C(=O)/C1=C/c1ccc2c(c1)OCO2. The first-order chi connectivity index (χ1) is 13.5. The van der Waals surface area contributed by atoms with E-state index in [1.807, 2.05) is 0 Å². The second kappa shape index (κ2) is 7.15. The predicted octanol–water partition coefficient (Wildman–Crippen LogP) is 2.26. The van der Waals surface area contributed by atoms with Crippen LogP contribution in [0.4, 0.5) is 9.18 Å². The molecule has 0 aromatic heterocycles. The van der Waals surface area contributed by atoms with Crippen LogP contribution in [0.3, 0.4) is 0 Å². The highest BCUT2D eigenvalue weighted by Crippen LogP contribution is 2.33. The zero-order valence-corrected chi connectivity index (χ0v) is 14.6. The number of carbonyl (C=O) groups is 3. The summed E-state index contributed by atoms with van der Waals surface area (Å²) in [7, 11) is 0. The molecular formula is C20H15FN2O5. The molecule has 0 spiro atoms. The van der Waals surface area contributed by atoms with Gasteiger partial charge in [0.25, 0.3) is 11.8 Å². The summed E-state index contributed by atoms with van der Waals surface area (Å²) in [6.07, 6.45) is 1.74. The fourth-order valence-corrected chi connectivity index (χ4v) is 2.96. The van der Waals surface area contributed by atoms with Crippen LogP contribution in [0.5, 0.6) is 11.5 Å². The maximum absolute atomic E-state index is 13.0. The van der Waals surface area contributed by atoms with Crippen LogP contribution in [0.25, 0.3) is 6.08 Å². The maximum Gasteiger partial charge on any atom is 0.331 e. The molecule has 2 aliphatic heterocycles. The van der Waals surface area contributed by atoms with Gasteiger partial charge < -0.3 is 9.47 Å². The molecule has 4 amide bonds. The lowest BCUT2D eigenvalue weighted by Gasteiger charge is -2.26. The van der Waals surface area contributed by atoms with Crippen LogP contribution in [-0.4, -0.2) is 36.1 Å². The van der Waals surface area contributed by atoms with Gasteiger partial charge in [-0.1, -0.05) is 18.2 Å². The van der Waals surface area contributed by atoms with Crippen molar-refractivity contribution in [2.24, 2.45) is 0 Å². The van der Waals surface area contributed by atoms with Crippen molar-refractivity contribution in [2.45, 2.75) is 6.42 Å². The Morgan fingerprint density at radius 1 is 1.04 bits per heavy atom. The highest BCUT2D eigenvalue weighted by Gasteiger charge is 2.35. The van der Waals surface area contributed by atoms with Gasteiger partial charge in [-0.15, -0.1) is 0 Å². The zero-order valence-electron chi connectivity index (χ0n) is 14.6.